The Hall–Kier alpha value is -2.92. The largest absolute Gasteiger partial charge is 0.369 e. The minimum atomic E-state index is -0.115. The van der Waals surface area contributed by atoms with Crippen LogP contribution in [0.3, 0.4) is 0 Å². The molecule has 5 heteroatoms. The van der Waals surface area contributed by atoms with Gasteiger partial charge in [-0.25, -0.2) is 0 Å². The van der Waals surface area contributed by atoms with Gasteiger partial charge in [0.05, 0.1) is 5.52 Å². The summed E-state index contributed by atoms with van der Waals surface area (Å²) in [5.74, 6) is -0.115. The van der Waals surface area contributed by atoms with E-state index in [-0.39, 0.29) is 5.91 Å². The van der Waals surface area contributed by atoms with Gasteiger partial charge in [0.15, 0.2) is 0 Å². The van der Waals surface area contributed by atoms with Crippen molar-refractivity contribution in [2.75, 3.05) is 36.4 Å². The molecule has 1 aliphatic heterocycles. The molecule has 1 saturated heterocycles. The summed E-state index contributed by atoms with van der Waals surface area (Å²) >= 11 is 0. The number of benzene rings is 2. The van der Waals surface area contributed by atoms with E-state index in [1.54, 1.807) is 6.20 Å². The van der Waals surface area contributed by atoms with Crippen LogP contribution < -0.4 is 15.5 Å². The Morgan fingerprint density at radius 2 is 1.88 bits per heavy atom. The minimum absolute atomic E-state index is 0.115. The Labute approximate surface area is 146 Å². The van der Waals surface area contributed by atoms with Crippen LogP contribution in [-0.2, 0) is 0 Å². The maximum atomic E-state index is 12.8. The molecule has 2 aromatic carbocycles. The van der Waals surface area contributed by atoms with E-state index in [1.807, 2.05) is 48.5 Å². The number of carbonyl (C=O) groups is 1. The van der Waals surface area contributed by atoms with E-state index in [4.69, 9.17) is 0 Å². The molecule has 0 atom stereocenters. The van der Waals surface area contributed by atoms with Gasteiger partial charge in [-0.3, -0.25) is 9.78 Å². The molecule has 0 radical (unpaired) electrons. The van der Waals surface area contributed by atoms with Gasteiger partial charge in [0.1, 0.15) is 0 Å². The quantitative estimate of drug-likeness (QED) is 0.774. The summed E-state index contributed by atoms with van der Waals surface area (Å²) in [5.41, 5.74) is 3.41. The molecule has 0 aliphatic carbocycles. The predicted molar refractivity (Wildman–Crippen MR) is 101 cm³/mol. The van der Waals surface area contributed by atoms with Crippen LogP contribution in [0, 0.1) is 0 Å². The number of hydrogen-bond acceptors (Lipinski definition) is 4. The lowest BCUT2D eigenvalue weighted by molar-refractivity contribution is 0.102. The Morgan fingerprint density at radius 1 is 1.04 bits per heavy atom. The predicted octanol–water partition coefficient (Wildman–Crippen LogP) is 2.90. The van der Waals surface area contributed by atoms with Crippen molar-refractivity contribution in [2.24, 2.45) is 0 Å². The monoisotopic (exact) mass is 332 g/mol. The average molecular weight is 332 g/mol. The van der Waals surface area contributed by atoms with Crippen molar-refractivity contribution in [2.45, 2.75) is 0 Å². The van der Waals surface area contributed by atoms with E-state index in [0.717, 1.165) is 48.5 Å². The highest BCUT2D eigenvalue weighted by atomic mass is 16.1. The fourth-order valence-electron chi connectivity index (χ4n) is 3.20. The van der Waals surface area contributed by atoms with Crippen molar-refractivity contribution in [3.63, 3.8) is 0 Å². The number of rotatable bonds is 3. The average Bonchev–Trinajstić information content (AvgIpc) is 2.68. The Morgan fingerprint density at radius 3 is 2.76 bits per heavy atom. The first kappa shape index (κ1) is 15.6. The molecule has 0 bridgehead atoms. The molecule has 0 spiro atoms. The molecule has 0 saturated carbocycles. The van der Waals surface area contributed by atoms with E-state index >= 15 is 0 Å². The van der Waals surface area contributed by atoms with Crippen LogP contribution in [-0.4, -0.2) is 37.1 Å². The van der Waals surface area contributed by atoms with Crippen molar-refractivity contribution in [3.8, 4) is 0 Å². The Kier molecular flexibility index (Phi) is 4.31. The molecule has 2 heterocycles. The van der Waals surface area contributed by atoms with Crippen LogP contribution in [0.15, 0.2) is 60.8 Å². The Balaban J connectivity index is 1.58. The van der Waals surface area contributed by atoms with Crippen molar-refractivity contribution in [1.82, 2.24) is 10.3 Å². The molecule has 2 N–H and O–H groups in total. The lowest BCUT2D eigenvalue weighted by Gasteiger charge is -2.29. The van der Waals surface area contributed by atoms with Gasteiger partial charge in [-0.05, 0) is 36.4 Å². The molecule has 0 unspecified atom stereocenters. The number of carbonyl (C=O) groups excluding carboxylic acids is 1. The van der Waals surface area contributed by atoms with Crippen LogP contribution in [0.2, 0.25) is 0 Å². The third-order valence-electron chi connectivity index (χ3n) is 4.48. The number of amides is 1. The maximum absolute atomic E-state index is 12.8. The lowest BCUT2D eigenvalue weighted by Crippen LogP contribution is -2.43. The summed E-state index contributed by atoms with van der Waals surface area (Å²) in [5, 5.41) is 7.24. The number of pyridine rings is 1. The number of aromatic nitrogens is 1. The minimum Gasteiger partial charge on any atom is -0.369 e. The fourth-order valence-corrected chi connectivity index (χ4v) is 3.20. The van der Waals surface area contributed by atoms with E-state index in [9.17, 15) is 4.79 Å². The van der Waals surface area contributed by atoms with Gasteiger partial charge in [0.2, 0.25) is 0 Å². The van der Waals surface area contributed by atoms with Gasteiger partial charge in [0.25, 0.3) is 5.91 Å². The van der Waals surface area contributed by atoms with Crippen molar-refractivity contribution in [1.29, 1.82) is 0 Å². The summed E-state index contributed by atoms with van der Waals surface area (Å²) in [6.45, 7) is 3.93. The van der Waals surface area contributed by atoms with Gasteiger partial charge in [-0.15, -0.1) is 0 Å². The molecule has 25 heavy (non-hydrogen) atoms. The van der Waals surface area contributed by atoms with Gasteiger partial charge in [-0.1, -0.05) is 18.2 Å². The zero-order chi connectivity index (χ0) is 17.1. The van der Waals surface area contributed by atoms with Gasteiger partial charge in [-0.2, -0.15) is 0 Å². The summed E-state index contributed by atoms with van der Waals surface area (Å²) in [4.78, 5) is 19.4. The highest BCUT2D eigenvalue weighted by Gasteiger charge is 2.13. The highest BCUT2D eigenvalue weighted by molar-refractivity contribution is 6.12. The molecular formula is C20H20N4O. The standard InChI is InChI=1S/C20H20N4O/c25-20(18-6-2-8-19-17(18)7-3-9-22-19)23-15-4-1-5-16(14-15)24-12-10-21-11-13-24/h1-9,14,21H,10-13H2,(H,23,25). The number of piperazine rings is 1. The molecule has 126 valence electrons. The smallest absolute Gasteiger partial charge is 0.256 e. The molecule has 5 nitrogen and oxygen atoms in total. The lowest BCUT2D eigenvalue weighted by atomic mass is 10.1. The third-order valence-corrected chi connectivity index (χ3v) is 4.48. The molecule has 1 amide bonds. The first-order chi connectivity index (χ1) is 12.3. The number of fused-ring (bicyclic) bond motifs is 1. The zero-order valence-corrected chi connectivity index (χ0v) is 13.9. The highest BCUT2D eigenvalue weighted by Crippen LogP contribution is 2.22. The first-order valence-corrected chi connectivity index (χ1v) is 8.52. The third kappa shape index (κ3) is 3.32. The number of nitrogens with one attached hydrogen (secondary N) is 2. The molecule has 1 fully saturated rings. The van der Waals surface area contributed by atoms with Crippen molar-refractivity contribution < 1.29 is 4.79 Å². The SMILES string of the molecule is O=C(Nc1cccc(N2CCNCC2)c1)c1cccc2ncccc12. The molecule has 1 aliphatic rings. The van der Waals surface area contributed by atoms with Crippen LogP contribution in [0.1, 0.15) is 10.4 Å². The van der Waals surface area contributed by atoms with Crippen LogP contribution in [0.25, 0.3) is 10.9 Å². The van der Waals surface area contributed by atoms with Crippen LogP contribution in [0.5, 0.6) is 0 Å². The van der Waals surface area contributed by atoms with Crippen molar-refractivity contribution >= 4 is 28.2 Å². The van der Waals surface area contributed by atoms with Crippen molar-refractivity contribution in [3.05, 3.63) is 66.4 Å². The van der Waals surface area contributed by atoms with E-state index in [0.29, 0.717) is 5.56 Å². The summed E-state index contributed by atoms with van der Waals surface area (Å²) in [6, 6.07) is 17.4. The molecular weight excluding hydrogens is 312 g/mol. The van der Waals surface area contributed by atoms with E-state index in [1.165, 1.54) is 0 Å². The summed E-state index contributed by atoms with van der Waals surface area (Å²) in [6.07, 6.45) is 1.74. The Bertz CT molecular complexity index is 898. The van der Waals surface area contributed by atoms with E-state index in [2.05, 4.69) is 26.6 Å². The second kappa shape index (κ2) is 6.91. The number of nitrogens with zero attached hydrogens (tertiary/aromatic N) is 2. The molecule has 3 aromatic rings. The zero-order valence-electron chi connectivity index (χ0n) is 13.9. The fraction of sp³-hybridized carbons (Fsp3) is 0.200. The molecule has 4 rings (SSSR count). The van der Waals surface area contributed by atoms with Gasteiger partial charge >= 0.3 is 0 Å². The van der Waals surface area contributed by atoms with Gasteiger partial charge < -0.3 is 15.5 Å². The first-order valence-electron chi connectivity index (χ1n) is 8.52. The topological polar surface area (TPSA) is 57.3 Å². The maximum Gasteiger partial charge on any atom is 0.256 e. The second-order valence-corrected chi connectivity index (χ2v) is 6.12. The van der Waals surface area contributed by atoms with Crippen LogP contribution in [0.4, 0.5) is 11.4 Å². The number of anilines is 2. The van der Waals surface area contributed by atoms with Gasteiger partial charge in [0, 0.05) is 54.7 Å². The van der Waals surface area contributed by atoms with E-state index < -0.39 is 0 Å². The number of hydrogen-bond donors (Lipinski definition) is 2. The van der Waals surface area contributed by atoms with Crippen LogP contribution >= 0.6 is 0 Å². The summed E-state index contributed by atoms with van der Waals surface area (Å²) < 4.78 is 0. The second-order valence-electron chi connectivity index (χ2n) is 6.12. The molecule has 1 aromatic heterocycles. The summed E-state index contributed by atoms with van der Waals surface area (Å²) in [7, 11) is 0. The normalized spacial score (nSPS) is 14.5.